The maximum Gasteiger partial charge on any atom is 0.0735 e. The molecule has 6 atom stereocenters. The zero-order valence-electron chi connectivity index (χ0n) is 15.6. The standard InChI is InChI=1S/C20H38O2/c1-13(2)16-9-10-19(6,12-18(16)21)20(22)11-15(5)7-8-17(20)14(3)4/h13-18,21-22H,7-12H2,1-6H3/t15?,16-,17?,18+,19+,20?/m0/s1. The zero-order chi connectivity index (χ0) is 16.7. The summed E-state index contributed by atoms with van der Waals surface area (Å²) < 4.78 is 0. The number of hydrogen-bond donors (Lipinski definition) is 2. The Morgan fingerprint density at radius 3 is 2.09 bits per heavy atom. The van der Waals surface area contributed by atoms with Crippen LogP contribution in [0.15, 0.2) is 0 Å². The maximum atomic E-state index is 11.8. The topological polar surface area (TPSA) is 40.5 Å². The third-order valence-corrected chi connectivity index (χ3v) is 7.13. The molecule has 2 saturated carbocycles. The average molecular weight is 311 g/mol. The first kappa shape index (κ1) is 18.3. The average Bonchev–Trinajstić information content (AvgIpc) is 2.37. The van der Waals surface area contributed by atoms with E-state index in [0.29, 0.717) is 29.6 Å². The Labute approximate surface area is 137 Å². The van der Waals surface area contributed by atoms with E-state index in [1.54, 1.807) is 0 Å². The van der Waals surface area contributed by atoms with Gasteiger partial charge in [-0.05, 0) is 67.1 Å². The fraction of sp³-hybridized carbons (Fsp3) is 1.00. The van der Waals surface area contributed by atoms with Gasteiger partial charge in [-0.1, -0.05) is 48.0 Å². The van der Waals surface area contributed by atoms with Crippen molar-refractivity contribution in [3.8, 4) is 0 Å². The maximum absolute atomic E-state index is 11.8. The predicted molar refractivity (Wildman–Crippen MR) is 92.6 cm³/mol. The fourth-order valence-corrected chi connectivity index (χ4v) is 5.63. The quantitative estimate of drug-likeness (QED) is 0.797. The van der Waals surface area contributed by atoms with Crippen LogP contribution in [0.4, 0.5) is 0 Å². The van der Waals surface area contributed by atoms with Gasteiger partial charge in [-0.3, -0.25) is 0 Å². The molecule has 2 aliphatic carbocycles. The molecule has 0 bridgehead atoms. The van der Waals surface area contributed by atoms with E-state index in [0.717, 1.165) is 32.1 Å². The number of aliphatic hydroxyl groups is 2. The molecule has 3 unspecified atom stereocenters. The van der Waals surface area contributed by atoms with E-state index in [4.69, 9.17) is 0 Å². The molecule has 22 heavy (non-hydrogen) atoms. The molecule has 2 N–H and O–H groups in total. The summed E-state index contributed by atoms with van der Waals surface area (Å²) >= 11 is 0. The van der Waals surface area contributed by atoms with Crippen LogP contribution in [0.1, 0.15) is 80.1 Å². The van der Waals surface area contributed by atoms with E-state index in [-0.39, 0.29) is 11.5 Å². The lowest BCUT2D eigenvalue weighted by molar-refractivity contribution is -0.193. The molecule has 2 fully saturated rings. The van der Waals surface area contributed by atoms with Crippen molar-refractivity contribution in [3.63, 3.8) is 0 Å². The molecular formula is C20H38O2. The van der Waals surface area contributed by atoms with Gasteiger partial charge in [0.15, 0.2) is 0 Å². The number of hydrogen-bond acceptors (Lipinski definition) is 2. The molecule has 0 spiro atoms. The van der Waals surface area contributed by atoms with Crippen LogP contribution in [-0.2, 0) is 0 Å². The summed E-state index contributed by atoms with van der Waals surface area (Å²) in [5, 5.41) is 22.5. The summed E-state index contributed by atoms with van der Waals surface area (Å²) in [7, 11) is 0. The van der Waals surface area contributed by atoms with Crippen LogP contribution in [0.25, 0.3) is 0 Å². The van der Waals surface area contributed by atoms with Gasteiger partial charge >= 0.3 is 0 Å². The first-order chi connectivity index (χ1) is 10.1. The fourth-order valence-electron chi connectivity index (χ4n) is 5.63. The normalized spacial score (nSPS) is 47.2. The van der Waals surface area contributed by atoms with Gasteiger partial charge in [-0.15, -0.1) is 0 Å². The predicted octanol–water partition coefficient (Wildman–Crippen LogP) is 4.63. The van der Waals surface area contributed by atoms with Crippen molar-refractivity contribution in [2.75, 3.05) is 0 Å². The molecule has 0 aromatic carbocycles. The summed E-state index contributed by atoms with van der Waals surface area (Å²) in [6.07, 6.45) is 5.89. The van der Waals surface area contributed by atoms with Crippen molar-refractivity contribution >= 4 is 0 Å². The summed E-state index contributed by atoms with van der Waals surface area (Å²) in [6, 6.07) is 0. The van der Waals surface area contributed by atoms with Gasteiger partial charge in [-0.25, -0.2) is 0 Å². The Hall–Kier alpha value is -0.0800. The van der Waals surface area contributed by atoms with Crippen molar-refractivity contribution in [1.29, 1.82) is 0 Å². The van der Waals surface area contributed by atoms with Crippen molar-refractivity contribution < 1.29 is 10.2 Å². The van der Waals surface area contributed by atoms with Crippen LogP contribution in [0.2, 0.25) is 0 Å². The van der Waals surface area contributed by atoms with Gasteiger partial charge in [0.25, 0.3) is 0 Å². The molecule has 0 aliphatic heterocycles. The van der Waals surface area contributed by atoms with Crippen molar-refractivity contribution in [2.45, 2.75) is 91.8 Å². The van der Waals surface area contributed by atoms with Crippen molar-refractivity contribution in [3.05, 3.63) is 0 Å². The van der Waals surface area contributed by atoms with Gasteiger partial charge in [0.05, 0.1) is 11.7 Å². The summed E-state index contributed by atoms with van der Waals surface area (Å²) in [5.41, 5.74) is -0.747. The first-order valence-corrected chi connectivity index (χ1v) is 9.51. The van der Waals surface area contributed by atoms with Crippen molar-refractivity contribution in [1.82, 2.24) is 0 Å². The molecule has 0 aromatic rings. The second-order valence-corrected chi connectivity index (χ2v) is 9.44. The Balaban J connectivity index is 2.26. The Bertz CT molecular complexity index is 378. The van der Waals surface area contributed by atoms with Gasteiger partial charge in [0, 0.05) is 0 Å². The minimum absolute atomic E-state index is 0.137. The summed E-state index contributed by atoms with van der Waals surface area (Å²) in [6.45, 7) is 13.5. The lowest BCUT2D eigenvalue weighted by Crippen LogP contribution is -2.59. The summed E-state index contributed by atoms with van der Waals surface area (Å²) in [5.74, 6) is 2.40. The SMILES string of the molecule is CC1CCC(C(C)C)C(O)([C@]2(C)CC[C@@H](C(C)C)[C@H](O)C2)C1. The highest BCUT2D eigenvalue weighted by Gasteiger charge is 2.56. The monoisotopic (exact) mass is 310 g/mol. The molecule has 2 heteroatoms. The minimum Gasteiger partial charge on any atom is -0.393 e. The van der Waals surface area contributed by atoms with Gasteiger partial charge < -0.3 is 10.2 Å². The second-order valence-electron chi connectivity index (χ2n) is 9.44. The molecule has 130 valence electrons. The molecule has 2 nitrogen and oxygen atoms in total. The molecule has 0 aromatic heterocycles. The van der Waals surface area contributed by atoms with Gasteiger partial charge in [0.1, 0.15) is 0 Å². The van der Waals surface area contributed by atoms with E-state index in [2.05, 4.69) is 41.5 Å². The molecule has 2 aliphatic rings. The highest BCUT2D eigenvalue weighted by atomic mass is 16.3. The molecule has 0 saturated heterocycles. The third kappa shape index (κ3) is 3.11. The van der Waals surface area contributed by atoms with E-state index in [9.17, 15) is 10.2 Å². The zero-order valence-corrected chi connectivity index (χ0v) is 15.6. The smallest absolute Gasteiger partial charge is 0.0735 e. The van der Waals surface area contributed by atoms with Crippen LogP contribution in [0.3, 0.4) is 0 Å². The van der Waals surface area contributed by atoms with Crippen LogP contribution >= 0.6 is 0 Å². The second kappa shape index (κ2) is 6.43. The van der Waals surface area contributed by atoms with Gasteiger partial charge in [0.2, 0.25) is 0 Å². The molecule has 0 heterocycles. The van der Waals surface area contributed by atoms with E-state index >= 15 is 0 Å². The Morgan fingerprint density at radius 1 is 0.955 bits per heavy atom. The number of aliphatic hydroxyl groups excluding tert-OH is 1. The largest absolute Gasteiger partial charge is 0.393 e. The van der Waals surface area contributed by atoms with E-state index in [1.165, 1.54) is 6.42 Å². The molecule has 2 rings (SSSR count). The van der Waals surface area contributed by atoms with Crippen LogP contribution in [0.5, 0.6) is 0 Å². The first-order valence-electron chi connectivity index (χ1n) is 9.51. The van der Waals surface area contributed by atoms with Crippen LogP contribution < -0.4 is 0 Å². The van der Waals surface area contributed by atoms with Crippen molar-refractivity contribution in [2.24, 2.45) is 35.0 Å². The van der Waals surface area contributed by atoms with Gasteiger partial charge in [-0.2, -0.15) is 0 Å². The number of rotatable bonds is 3. The molecule has 0 radical (unpaired) electrons. The highest BCUT2D eigenvalue weighted by Crippen LogP contribution is 2.57. The minimum atomic E-state index is -0.609. The lowest BCUT2D eigenvalue weighted by atomic mass is 9.51. The molecule has 0 amide bonds. The third-order valence-electron chi connectivity index (χ3n) is 7.13. The Kier molecular flexibility index (Phi) is 5.34. The highest BCUT2D eigenvalue weighted by molar-refractivity contribution is 5.07. The van der Waals surface area contributed by atoms with E-state index < -0.39 is 5.60 Å². The summed E-state index contributed by atoms with van der Waals surface area (Å²) in [4.78, 5) is 0. The Morgan fingerprint density at radius 2 is 1.59 bits per heavy atom. The molecular weight excluding hydrogens is 272 g/mol. The van der Waals surface area contributed by atoms with Crippen LogP contribution in [0, 0.1) is 35.0 Å². The van der Waals surface area contributed by atoms with E-state index in [1.807, 2.05) is 0 Å². The lowest BCUT2D eigenvalue weighted by Gasteiger charge is -2.58. The van der Waals surface area contributed by atoms with Crippen LogP contribution in [-0.4, -0.2) is 21.9 Å².